The molecule has 0 spiro atoms. The fourth-order valence-corrected chi connectivity index (χ4v) is 5.12. The number of nitrogens with zero attached hydrogens (tertiary/aromatic N) is 1. The highest BCUT2D eigenvalue weighted by molar-refractivity contribution is 7.92. The number of amides is 1. The molecule has 0 saturated carbocycles. The predicted octanol–water partition coefficient (Wildman–Crippen LogP) is 5.59. The maximum atomic E-state index is 13.5. The Hall–Kier alpha value is -3.39. The third-order valence-corrected chi connectivity index (χ3v) is 7.57. The van der Waals surface area contributed by atoms with Gasteiger partial charge in [0.25, 0.3) is 10.0 Å². The number of sulfonamides is 1. The van der Waals surface area contributed by atoms with Crippen LogP contribution >= 0.6 is 0 Å². The van der Waals surface area contributed by atoms with Gasteiger partial charge in [-0.1, -0.05) is 45.0 Å². The number of hydrogen-bond donors (Lipinski definition) is 1. The van der Waals surface area contributed by atoms with Crippen molar-refractivity contribution in [1.29, 1.82) is 0 Å². The molecular formula is C28H33FN2O4S. The number of halogens is 1. The van der Waals surface area contributed by atoms with Crippen LogP contribution in [0.4, 0.5) is 10.1 Å². The van der Waals surface area contributed by atoms with Gasteiger partial charge in [0, 0.05) is 0 Å². The summed E-state index contributed by atoms with van der Waals surface area (Å²) in [5.74, 6) is -0.455. The van der Waals surface area contributed by atoms with Crippen LogP contribution in [0.25, 0.3) is 0 Å². The summed E-state index contributed by atoms with van der Waals surface area (Å²) in [4.78, 5) is 13.0. The number of hydrogen-bond acceptors (Lipinski definition) is 4. The minimum atomic E-state index is -4.12. The van der Waals surface area contributed by atoms with E-state index in [9.17, 15) is 17.6 Å². The van der Waals surface area contributed by atoms with Crippen molar-refractivity contribution < 1.29 is 22.3 Å². The third kappa shape index (κ3) is 6.63. The molecule has 0 aromatic heterocycles. The van der Waals surface area contributed by atoms with Crippen LogP contribution in [0.15, 0.2) is 77.7 Å². The van der Waals surface area contributed by atoms with Crippen molar-refractivity contribution >= 4 is 21.6 Å². The van der Waals surface area contributed by atoms with E-state index in [1.54, 1.807) is 12.1 Å². The van der Waals surface area contributed by atoms with Crippen LogP contribution in [0.5, 0.6) is 5.75 Å². The van der Waals surface area contributed by atoms with Crippen LogP contribution in [-0.2, 0) is 20.2 Å². The molecule has 1 N–H and O–H groups in total. The Morgan fingerprint density at radius 3 is 2.08 bits per heavy atom. The zero-order valence-electron chi connectivity index (χ0n) is 21.3. The summed E-state index contributed by atoms with van der Waals surface area (Å²) in [6, 6.07) is 18.6. The van der Waals surface area contributed by atoms with Gasteiger partial charge in [0.05, 0.1) is 23.2 Å². The molecule has 0 aliphatic carbocycles. The van der Waals surface area contributed by atoms with Crippen LogP contribution in [0.1, 0.15) is 51.8 Å². The van der Waals surface area contributed by atoms with Crippen LogP contribution in [0.2, 0.25) is 0 Å². The summed E-state index contributed by atoms with van der Waals surface area (Å²) >= 11 is 0. The molecule has 3 aromatic carbocycles. The fourth-order valence-electron chi connectivity index (χ4n) is 3.70. The Labute approximate surface area is 213 Å². The Bertz CT molecular complexity index is 1270. The minimum Gasteiger partial charge on any atom is -0.494 e. The zero-order chi connectivity index (χ0) is 26.5. The van der Waals surface area contributed by atoms with Crippen LogP contribution in [0, 0.1) is 5.82 Å². The van der Waals surface area contributed by atoms with Gasteiger partial charge in [-0.15, -0.1) is 0 Å². The van der Waals surface area contributed by atoms with Crippen LogP contribution in [0.3, 0.4) is 0 Å². The summed E-state index contributed by atoms with van der Waals surface area (Å²) in [6.45, 7) is 10.0. The van der Waals surface area contributed by atoms with Gasteiger partial charge in [0.2, 0.25) is 5.91 Å². The second-order valence-electron chi connectivity index (χ2n) is 9.55. The normalized spacial score (nSPS) is 12.6. The summed E-state index contributed by atoms with van der Waals surface area (Å²) < 4.78 is 47.0. The lowest BCUT2D eigenvalue weighted by molar-refractivity contribution is -0.120. The van der Waals surface area contributed by atoms with Gasteiger partial charge >= 0.3 is 0 Å². The average Bonchev–Trinajstić information content (AvgIpc) is 2.83. The Morgan fingerprint density at radius 2 is 1.56 bits per heavy atom. The molecule has 8 heteroatoms. The molecule has 3 aromatic rings. The molecule has 0 bridgehead atoms. The van der Waals surface area contributed by atoms with Gasteiger partial charge in [0.1, 0.15) is 18.1 Å². The molecule has 6 nitrogen and oxygen atoms in total. The first kappa shape index (κ1) is 27.2. The van der Waals surface area contributed by atoms with Gasteiger partial charge in [-0.2, -0.15) is 0 Å². The third-order valence-electron chi connectivity index (χ3n) is 5.78. The molecule has 0 unspecified atom stereocenters. The van der Waals surface area contributed by atoms with E-state index in [1.165, 1.54) is 29.8 Å². The van der Waals surface area contributed by atoms with Crippen LogP contribution in [-0.4, -0.2) is 27.5 Å². The molecule has 3 rings (SSSR count). The summed E-state index contributed by atoms with van der Waals surface area (Å²) in [5.41, 5.74) is 2.27. The number of anilines is 1. The van der Waals surface area contributed by atoms with E-state index in [0.29, 0.717) is 12.4 Å². The lowest BCUT2D eigenvalue weighted by Crippen LogP contribution is -2.41. The predicted molar refractivity (Wildman–Crippen MR) is 140 cm³/mol. The molecule has 1 atom stereocenters. The lowest BCUT2D eigenvalue weighted by Gasteiger charge is -2.25. The molecule has 36 heavy (non-hydrogen) atoms. The lowest BCUT2D eigenvalue weighted by atomic mass is 9.86. The number of ether oxygens (including phenoxy) is 1. The monoisotopic (exact) mass is 512 g/mol. The molecular weight excluding hydrogens is 479 g/mol. The number of rotatable bonds is 9. The first-order valence-corrected chi connectivity index (χ1v) is 13.3. The maximum Gasteiger partial charge on any atom is 0.264 e. The van der Waals surface area contributed by atoms with E-state index in [4.69, 9.17) is 4.74 Å². The van der Waals surface area contributed by atoms with E-state index < -0.39 is 28.3 Å². The Morgan fingerprint density at radius 1 is 0.972 bits per heavy atom. The zero-order valence-corrected chi connectivity index (χ0v) is 22.1. The molecule has 1 amide bonds. The van der Waals surface area contributed by atoms with Gasteiger partial charge in [-0.3, -0.25) is 9.10 Å². The van der Waals surface area contributed by atoms with E-state index in [0.717, 1.165) is 22.0 Å². The van der Waals surface area contributed by atoms with Crippen molar-refractivity contribution in [3.8, 4) is 5.75 Å². The number of nitrogens with one attached hydrogen (secondary N) is 1. The molecule has 192 valence electrons. The van der Waals surface area contributed by atoms with Crippen LogP contribution < -0.4 is 14.4 Å². The summed E-state index contributed by atoms with van der Waals surface area (Å²) in [6.07, 6.45) is 0. The van der Waals surface area contributed by atoms with Crippen molar-refractivity contribution in [2.75, 3.05) is 17.5 Å². The Balaban J connectivity index is 1.84. The van der Waals surface area contributed by atoms with E-state index in [2.05, 4.69) is 26.1 Å². The minimum absolute atomic E-state index is 0.00565. The maximum absolute atomic E-state index is 13.5. The second-order valence-corrected chi connectivity index (χ2v) is 11.4. The summed E-state index contributed by atoms with van der Waals surface area (Å²) in [5, 5.41) is 2.88. The fraction of sp³-hybridized carbons (Fsp3) is 0.321. The first-order chi connectivity index (χ1) is 16.9. The smallest absolute Gasteiger partial charge is 0.264 e. The Kier molecular flexibility index (Phi) is 8.40. The topological polar surface area (TPSA) is 75.7 Å². The van der Waals surface area contributed by atoms with Crippen molar-refractivity contribution in [1.82, 2.24) is 5.32 Å². The molecule has 0 fully saturated rings. The van der Waals surface area contributed by atoms with E-state index in [1.807, 2.05) is 38.1 Å². The van der Waals surface area contributed by atoms with Gasteiger partial charge in [-0.05, 0) is 78.9 Å². The largest absolute Gasteiger partial charge is 0.494 e. The SMILES string of the molecule is CCOc1ccc(S(=O)(=O)N(CC(=O)N[C@@H](C)c2ccc(C(C)(C)C)cc2)c2ccc(F)cc2)cc1. The highest BCUT2D eigenvalue weighted by atomic mass is 32.2. The van der Waals surface area contributed by atoms with Crippen molar-refractivity contribution in [2.45, 2.75) is 51.0 Å². The van der Waals surface area contributed by atoms with E-state index in [-0.39, 0.29) is 22.0 Å². The molecule has 0 aliphatic rings. The second kappa shape index (κ2) is 11.1. The quantitative estimate of drug-likeness (QED) is 0.405. The molecule has 0 saturated heterocycles. The number of benzene rings is 3. The van der Waals surface area contributed by atoms with Gasteiger partial charge in [-0.25, -0.2) is 12.8 Å². The summed E-state index contributed by atoms with van der Waals surface area (Å²) in [7, 11) is -4.12. The van der Waals surface area contributed by atoms with Gasteiger partial charge in [0.15, 0.2) is 0 Å². The number of carbonyl (C=O) groups is 1. The highest BCUT2D eigenvalue weighted by Crippen LogP contribution is 2.26. The molecule has 0 radical (unpaired) electrons. The highest BCUT2D eigenvalue weighted by Gasteiger charge is 2.28. The first-order valence-electron chi connectivity index (χ1n) is 11.8. The molecule has 0 heterocycles. The van der Waals surface area contributed by atoms with Crippen molar-refractivity contribution in [3.63, 3.8) is 0 Å². The molecule has 0 aliphatic heterocycles. The number of carbonyl (C=O) groups excluding carboxylic acids is 1. The van der Waals surface area contributed by atoms with Crippen molar-refractivity contribution in [2.24, 2.45) is 0 Å². The average molecular weight is 513 g/mol. The van der Waals surface area contributed by atoms with Crippen molar-refractivity contribution in [3.05, 3.63) is 89.7 Å². The van der Waals surface area contributed by atoms with E-state index >= 15 is 0 Å². The van der Waals surface area contributed by atoms with Gasteiger partial charge < -0.3 is 10.1 Å². The standard InChI is InChI=1S/C28H33FN2O4S/c1-6-35-25-15-17-26(18-16-25)36(33,34)31(24-13-11-23(29)12-14-24)19-27(32)30-20(2)21-7-9-22(10-8-21)28(3,4)5/h7-18,20H,6,19H2,1-5H3,(H,30,32)/t20-/m0/s1.